The van der Waals surface area contributed by atoms with Gasteiger partial charge >= 0.3 is 0 Å². The van der Waals surface area contributed by atoms with Gasteiger partial charge in [-0.2, -0.15) is 0 Å². The van der Waals surface area contributed by atoms with E-state index in [0.29, 0.717) is 25.6 Å². The second-order valence-corrected chi connectivity index (χ2v) is 9.34. The van der Waals surface area contributed by atoms with Gasteiger partial charge in [-0.15, -0.1) is 0 Å². The average Bonchev–Trinajstić information content (AvgIpc) is 2.74. The van der Waals surface area contributed by atoms with Gasteiger partial charge in [0.25, 0.3) is 0 Å². The summed E-state index contributed by atoms with van der Waals surface area (Å²) in [6.07, 6.45) is 2.12. The van der Waals surface area contributed by atoms with Crippen LogP contribution in [0, 0.1) is 0 Å². The SMILES string of the molecule is CC(C)c1cccc2sc(N3CCCN(S(C)(=O)=O)CC3)nc12. The molecule has 1 aromatic carbocycles. The maximum Gasteiger partial charge on any atom is 0.211 e. The average molecular weight is 354 g/mol. The Morgan fingerprint density at radius 1 is 1.17 bits per heavy atom. The summed E-state index contributed by atoms with van der Waals surface area (Å²) in [4.78, 5) is 7.09. The van der Waals surface area contributed by atoms with Crippen LogP contribution in [0.15, 0.2) is 18.2 Å². The fourth-order valence-electron chi connectivity index (χ4n) is 2.98. The van der Waals surface area contributed by atoms with E-state index in [1.807, 2.05) is 0 Å². The van der Waals surface area contributed by atoms with Gasteiger partial charge in [0.15, 0.2) is 5.13 Å². The summed E-state index contributed by atoms with van der Waals surface area (Å²) in [7, 11) is -3.11. The normalized spacial score (nSPS) is 17.8. The molecule has 126 valence electrons. The number of hydrogen-bond acceptors (Lipinski definition) is 5. The zero-order valence-electron chi connectivity index (χ0n) is 13.8. The van der Waals surface area contributed by atoms with Crippen molar-refractivity contribution in [2.45, 2.75) is 26.2 Å². The molecule has 1 fully saturated rings. The van der Waals surface area contributed by atoms with Crippen LogP contribution in [0.25, 0.3) is 10.2 Å². The molecule has 3 rings (SSSR count). The van der Waals surface area contributed by atoms with Crippen molar-refractivity contribution in [2.75, 3.05) is 37.3 Å². The molecule has 1 aromatic heterocycles. The fraction of sp³-hybridized carbons (Fsp3) is 0.562. The lowest BCUT2D eigenvalue weighted by atomic mass is 10.0. The fourth-order valence-corrected chi connectivity index (χ4v) is 4.90. The molecule has 0 unspecified atom stereocenters. The van der Waals surface area contributed by atoms with Gasteiger partial charge in [0, 0.05) is 26.2 Å². The highest BCUT2D eigenvalue weighted by Gasteiger charge is 2.23. The third-order valence-corrected chi connectivity index (χ3v) is 6.64. The second-order valence-electron chi connectivity index (χ2n) is 6.35. The van der Waals surface area contributed by atoms with Crippen molar-refractivity contribution in [3.63, 3.8) is 0 Å². The van der Waals surface area contributed by atoms with Gasteiger partial charge in [0.05, 0.1) is 16.5 Å². The number of rotatable bonds is 3. The zero-order chi connectivity index (χ0) is 16.6. The van der Waals surface area contributed by atoms with Crippen molar-refractivity contribution in [2.24, 2.45) is 0 Å². The van der Waals surface area contributed by atoms with Crippen molar-refractivity contribution in [1.29, 1.82) is 0 Å². The lowest BCUT2D eigenvalue weighted by Gasteiger charge is -2.19. The Morgan fingerprint density at radius 3 is 2.65 bits per heavy atom. The van der Waals surface area contributed by atoms with Crippen LogP contribution in [0.3, 0.4) is 0 Å². The Balaban J connectivity index is 1.87. The largest absolute Gasteiger partial charge is 0.347 e. The number of fused-ring (bicyclic) bond motifs is 1. The van der Waals surface area contributed by atoms with Gasteiger partial charge in [-0.3, -0.25) is 0 Å². The van der Waals surface area contributed by atoms with Gasteiger partial charge < -0.3 is 4.90 Å². The summed E-state index contributed by atoms with van der Waals surface area (Å²) < 4.78 is 26.2. The van der Waals surface area contributed by atoms with Crippen molar-refractivity contribution in [1.82, 2.24) is 9.29 Å². The molecule has 23 heavy (non-hydrogen) atoms. The molecule has 1 aliphatic rings. The van der Waals surface area contributed by atoms with Crippen LogP contribution >= 0.6 is 11.3 Å². The third-order valence-electron chi connectivity index (χ3n) is 4.26. The monoisotopic (exact) mass is 353 g/mol. The van der Waals surface area contributed by atoms with Crippen LogP contribution in [0.4, 0.5) is 5.13 Å². The van der Waals surface area contributed by atoms with E-state index in [-0.39, 0.29) is 0 Å². The molecule has 7 heteroatoms. The van der Waals surface area contributed by atoms with Crippen molar-refractivity contribution in [3.05, 3.63) is 23.8 Å². The van der Waals surface area contributed by atoms with E-state index in [0.717, 1.165) is 23.6 Å². The first-order valence-electron chi connectivity index (χ1n) is 7.96. The standard InChI is InChI=1S/C16H23N3O2S2/c1-12(2)13-6-4-7-14-15(13)17-16(22-14)18-8-5-9-19(11-10-18)23(3,20)21/h4,6-7,12H,5,8-11H2,1-3H3. The van der Waals surface area contributed by atoms with Crippen LogP contribution in [-0.2, 0) is 10.0 Å². The molecule has 0 radical (unpaired) electrons. The van der Waals surface area contributed by atoms with Crippen LogP contribution in [0.1, 0.15) is 31.7 Å². The van der Waals surface area contributed by atoms with E-state index in [1.165, 1.54) is 16.5 Å². The molecule has 1 saturated heterocycles. The number of aromatic nitrogens is 1. The van der Waals surface area contributed by atoms with Crippen molar-refractivity contribution >= 4 is 36.7 Å². The van der Waals surface area contributed by atoms with Crippen LogP contribution in [0.5, 0.6) is 0 Å². The molecule has 5 nitrogen and oxygen atoms in total. The van der Waals surface area contributed by atoms with Crippen molar-refractivity contribution < 1.29 is 8.42 Å². The Morgan fingerprint density at radius 2 is 1.96 bits per heavy atom. The van der Waals surface area contributed by atoms with E-state index >= 15 is 0 Å². The number of benzene rings is 1. The van der Waals surface area contributed by atoms with Crippen molar-refractivity contribution in [3.8, 4) is 0 Å². The maximum absolute atomic E-state index is 11.7. The molecule has 2 heterocycles. The highest BCUT2D eigenvalue weighted by molar-refractivity contribution is 7.88. The van der Waals surface area contributed by atoms with E-state index in [9.17, 15) is 8.42 Å². The summed E-state index contributed by atoms with van der Waals surface area (Å²) in [6, 6.07) is 6.35. The molecule has 1 aliphatic heterocycles. The Bertz CT molecular complexity index is 799. The van der Waals surface area contributed by atoms with E-state index in [2.05, 4.69) is 36.9 Å². The van der Waals surface area contributed by atoms with Crippen LogP contribution in [0.2, 0.25) is 0 Å². The molecule has 0 N–H and O–H groups in total. The minimum Gasteiger partial charge on any atom is -0.347 e. The second kappa shape index (κ2) is 6.37. The van der Waals surface area contributed by atoms with E-state index in [1.54, 1.807) is 15.6 Å². The first kappa shape index (κ1) is 16.7. The third kappa shape index (κ3) is 3.51. The number of thiazole rings is 1. The van der Waals surface area contributed by atoms with Crippen LogP contribution < -0.4 is 4.90 Å². The number of anilines is 1. The van der Waals surface area contributed by atoms with E-state index < -0.39 is 10.0 Å². The zero-order valence-corrected chi connectivity index (χ0v) is 15.5. The first-order valence-corrected chi connectivity index (χ1v) is 10.6. The number of nitrogens with zero attached hydrogens (tertiary/aromatic N) is 3. The summed E-state index contributed by atoms with van der Waals surface area (Å²) in [5, 5.41) is 1.00. The topological polar surface area (TPSA) is 53.5 Å². The number of sulfonamides is 1. The number of hydrogen-bond donors (Lipinski definition) is 0. The van der Waals surface area contributed by atoms with Gasteiger partial charge in [-0.05, 0) is 24.0 Å². The Labute approximate surface area is 142 Å². The summed E-state index contributed by atoms with van der Waals surface area (Å²) in [5.74, 6) is 0.443. The maximum atomic E-state index is 11.7. The molecule has 2 aromatic rings. The lowest BCUT2D eigenvalue weighted by Crippen LogP contribution is -2.34. The Hall–Kier alpha value is -1.18. The van der Waals surface area contributed by atoms with E-state index in [4.69, 9.17) is 4.98 Å². The highest BCUT2D eigenvalue weighted by atomic mass is 32.2. The summed E-state index contributed by atoms with van der Waals surface area (Å²) in [5.41, 5.74) is 2.37. The smallest absolute Gasteiger partial charge is 0.211 e. The van der Waals surface area contributed by atoms with Gasteiger partial charge in [-0.25, -0.2) is 17.7 Å². The lowest BCUT2D eigenvalue weighted by molar-refractivity contribution is 0.437. The van der Waals surface area contributed by atoms with Gasteiger partial charge in [-0.1, -0.05) is 37.3 Å². The molecule has 0 atom stereocenters. The molecule has 0 amide bonds. The highest BCUT2D eigenvalue weighted by Crippen LogP contribution is 2.33. The molecule has 0 saturated carbocycles. The van der Waals surface area contributed by atoms with Gasteiger partial charge in [0.2, 0.25) is 10.0 Å². The quantitative estimate of drug-likeness (QED) is 0.851. The first-order chi connectivity index (χ1) is 10.9. The minimum absolute atomic E-state index is 0.443. The minimum atomic E-state index is -3.11. The molecular formula is C16H23N3O2S2. The number of para-hydroxylation sites is 1. The molecule has 0 aliphatic carbocycles. The predicted molar refractivity (Wildman–Crippen MR) is 97.0 cm³/mol. The molecule has 0 bridgehead atoms. The summed E-state index contributed by atoms with van der Waals surface area (Å²) >= 11 is 1.70. The Kier molecular flexibility index (Phi) is 4.62. The summed E-state index contributed by atoms with van der Waals surface area (Å²) in [6.45, 7) is 7.05. The van der Waals surface area contributed by atoms with Crippen LogP contribution in [-0.4, -0.2) is 50.1 Å². The molecule has 0 spiro atoms. The molecular weight excluding hydrogens is 330 g/mol. The predicted octanol–water partition coefficient (Wildman–Crippen LogP) is 2.89. The van der Waals surface area contributed by atoms with Gasteiger partial charge in [0.1, 0.15) is 0 Å².